The molecular formula is C11H16N2O. The predicted octanol–water partition coefficient (Wildman–Crippen LogP) is 1.36. The Morgan fingerprint density at radius 3 is 2.64 bits per heavy atom. The number of aryl methyl sites for hydroxylation is 1. The quantitative estimate of drug-likeness (QED) is 0.559. The van der Waals surface area contributed by atoms with Gasteiger partial charge in [-0.2, -0.15) is 0 Å². The maximum atomic E-state index is 11.5. The zero-order chi connectivity index (χ0) is 10.6. The van der Waals surface area contributed by atoms with Gasteiger partial charge in [-0.15, -0.1) is 0 Å². The van der Waals surface area contributed by atoms with Crippen LogP contribution in [0.5, 0.6) is 0 Å². The molecule has 4 N–H and O–H groups in total. The predicted molar refractivity (Wildman–Crippen MR) is 58.2 cm³/mol. The second-order valence-corrected chi connectivity index (χ2v) is 3.24. The number of benzene rings is 1. The third kappa shape index (κ3) is 2.33. The van der Waals surface area contributed by atoms with Crippen molar-refractivity contribution in [2.45, 2.75) is 19.8 Å². The van der Waals surface area contributed by atoms with Gasteiger partial charge in [-0.25, -0.2) is 0 Å². The van der Waals surface area contributed by atoms with Gasteiger partial charge in [0.1, 0.15) is 0 Å². The molecule has 0 aliphatic heterocycles. The van der Waals surface area contributed by atoms with E-state index in [1.807, 2.05) is 12.1 Å². The number of rotatable bonds is 4. The molecule has 3 heteroatoms. The first-order valence-corrected chi connectivity index (χ1v) is 4.80. The molecule has 0 spiro atoms. The van der Waals surface area contributed by atoms with E-state index in [1.54, 1.807) is 6.07 Å². The van der Waals surface area contributed by atoms with Crippen molar-refractivity contribution in [1.82, 2.24) is 0 Å². The van der Waals surface area contributed by atoms with Crippen molar-refractivity contribution in [3.05, 3.63) is 29.3 Å². The van der Waals surface area contributed by atoms with Gasteiger partial charge in [-0.05, 0) is 30.7 Å². The van der Waals surface area contributed by atoms with Crippen molar-refractivity contribution >= 4 is 11.5 Å². The molecule has 76 valence electrons. The maximum Gasteiger partial charge on any atom is 0.166 e. The lowest BCUT2D eigenvalue weighted by atomic mass is 10.0. The Morgan fingerprint density at radius 1 is 1.43 bits per heavy atom. The fourth-order valence-electron chi connectivity index (χ4n) is 1.35. The molecule has 0 fully saturated rings. The summed E-state index contributed by atoms with van der Waals surface area (Å²) in [6.07, 6.45) is 1.28. The molecule has 0 aliphatic rings. The SMILES string of the molecule is CCc1ccc(C(=O)CCN)c(N)c1. The number of anilines is 1. The number of hydrogen-bond donors (Lipinski definition) is 2. The molecule has 0 atom stereocenters. The zero-order valence-electron chi connectivity index (χ0n) is 8.42. The lowest BCUT2D eigenvalue weighted by molar-refractivity contribution is 0.0986. The van der Waals surface area contributed by atoms with E-state index in [4.69, 9.17) is 11.5 Å². The minimum absolute atomic E-state index is 0.0210. The molecule has 0 aromatic heterocycles. The van der Waals surface area contributed by atoms with E-state index in [2.05, 4.69) is 6.92 Å². The van der Waals surface area contributed by atoms with E-state index < -0.39 is 0 Å². The maximum absolute atomic E-state index is 11.5. The van der Waals surface area contributed by atoms with Crippen LogP contribution < -0.4 is 11.5 Å². The Labute approximate surface area is 84.1 Å². The third-order valence-electron chi connectivity index (χ3n) is 2.20. The molecule has 0 aliphatic carbocycles. The average Bonchev–Trinajstić information content (AvgIpc) is 2.17. The second-order valence-electron chi connectivity index (χ2n) is 3.24. The molecule has 0 saturated heterocycles. The summed E-state index contributed by atoms with van der Waals surface area (Å²) in [5.74, 6) is 0.0210. The fourth-order valence-corrected chi connectivity index (χ4v) is 1.35. The smallest absolute Gasteiger partial charge is 0.166 e. The first kappa shape index (κ1) is 10.7. The van der Waals surface area contributed by atoms with E-state index in [9.17, 15) is 4.79 Å². The van der Waals surface area contributed by atoms with Crippen LogP contribution in [-0.2, 0) is 6.42 Å². The summed E-state index contributed by atoms with van der Waals surface area (Å²) >= 11 is 0. The number of nitrogen functional groups attached to an aromatic ring is 1. The summed E-state index contributed by atoms with van der Waals surface area (Å²) in [5, 5.41) is 0. The van der Waals surface area contributed by atoms with Gasteiger partial charge in [0.05, 0.1) is 0 Å². The molecule has 0 amide bonds. The summed E-state index contributed by atoms with van der Waals surface area (Å²) < 4.78 is 0. The van der Waals surface area contributed by atoms with Gasteiger partial charge in [0.15, 0.2) is 5.78 Å². The standard InChI is InChI=1S/C11H16N2O/c1-2-8-3-4-9(10(13)7-8)11(14)5-6-12/h3-4,7H,2,5-6,12-13H2,1H3. The summed E-state index contributed by atoms with van der Waals surface area (Å²) in [6.45, 7) is 2.42. The summed E-state index contributed by atoms with van der Waals surface area (Å²) in [5.41, 5.74) is 13.4. The Hall–Kier alpha value is -1.35. The third-order valence-corrected chi connectivity index (χ3v) is 2.20. The average molecular weight is 192 g/mol. The molecule has 0 unspecified atom stereocenters. The van der Waals surface area contributed by atoms with Crippen molar-refractivity contribution in [2.75, 3.05) is 12.3 Å². The van der Waals surface area contributed by atoms with Crippen LogP contribution in [0.15, 0.2) is 18.2 Å². The van der Waals surface area contributed by atoms with E-state index in [0.717, 1.165) is 12.0 Å². The van der Waals surface area contributed by atoms with Gasteiger partial charge in [0.2, 0.25) is 0 Å². The van der Waals surface area contributed by atoms with E-state index in [-0.39, 0.29) is 5.78 Å². The van der Waals surface area contributed by atoms with Gasteiger partial charge >= 0.3 is 0 Å². The first-order chi connectivity index (χ1) is 6.69. The largest absolute Gasteiger partial charge is 0.398 e. The van der Waals surface area contributed by atoms with Gasteiger partial charge < -0.3 is 11.5 Å². The minimum atomic E-state index is 0.0210. The zero-order valence-corrected chi connectivity index (χ0v) is 8.42. The van der Waals surface area contributed by atoms with Gasteiger partial charge in [0.25, 0.3) is 0 Å². The van der Waals surface area contributed by atoms with Crippen LogP contribution >= 0.6 is 0 Å². The summed E-state index contributed by atoms with van der Waals surface area (Å²) in [6, 6.07) is 5.57. The highest BCUT2D eigenvalue weighted by atomic mass is 16.1. The number of hydrogen-bond acceptors (Lipinski definition) is 3. The second kappa shape index (κ2) is 4.77. The van der Waals surface area contributed by atoms with Gasteiger partial charge in [-0.1, -0.05) is 13.0 Å². The molecule has 1 rings (SSSR count). The topological polar surface area (TPSA) is 69.1 Å². The van der Waals surface area contributed by atoms with Crippen LogP contribution in [0.25, 0.3) is 0 Å². The van der Waals surface area contributed by atoms with E-state index in [1.165, 1.54) is 0 Å². The molecule has 3 nitrogen and oxygen atoms in total. The Balaban J connectivity index is 2.94. The Bertz CT molecular complexity index is 334. The van der Waals surface area contributed by atoms with Gasteiger partial charge in [0, 0.05) is 17.7 Å². The highest BCUT2D eigenvalue weighted by Crippen LogP contribution is 2.16. The van der Waals surface area contributed by atoms with Crippen LogP contribution in [0.2, 0.25) is 0 Å². The highest BCUT2D eigenvalue weighted by Gasteiger charge is 2.08. The van der Waals surface area contributed by atoms with Crippen molar-refractivity contribution in [3.63, 3.8) is 0 Å². The van der Waals surface area contributed by atoms with Gasteiger partial charge in [-0.3, -0.25) is 4.79 Å². The van der Waals surface area contributed by atoms with Crippen molar-refractivity contribution < 1.29 is 4.79 Å². The summed E-state index contributed by atoms with van der Waals surface area (Å²) in [4.78, 5) is 11.5. The molecule has 1 aromatic carbocycles. The van der Waals surface area contributed by atoms with Crippen LogP contribution in [0.1, 0.15) is 29.3 Å². The van der Waals surface area contributed by atoms with Crippen LogP contribution in [-0.4, -0.2) is 12.3 Å². The Morgan fingerprint density at radius 2 is 2.14 bits per heavy atom. The molecule has 14 heavy (non-hydrogen) atoms. The van der Waals surface area contributed by atoms with Crippen molar-refractivity contribution in [1.29, 1.82) is 0 Å². The number of carbonyl (C=O) groups excluding carboxylic acids is 1. The minimum Gasteiger partial charge on any atom is -0.398 e. The van der Waals surface area contributed by atoms with Crippen molar-refractivity contribution in [2.24, 2.45) is 5.73 Å². The lowest BCUT2D eigenvalue weighted by Gasteiger charge is -2.05. The Kier molecular flexibility index (Phi) is 3.65. The molecule has 0 saturated carbocycles. The molecule has 0 bridgehead atoms. The van der Waals surface area contributed by atoms with E-state index >= 15 is 0 Å². The highest BCUT2D eigenvalue weighted by molar-refractivity contribution is 6.00. The molecule has 1 aromatic rings. The monoisotopic (exact) mass is 192 g/mol. The lowest BCUT2D eigenvalue weighted by Crippen LogP contribution is -2.10. The van der Waals surface area contributed by atoms with Crippen LogP contribution in [0.4, 0.5) is 5.69 Å². The van der Waals surface area contributed by atoms with E-state index in [0.29, 0.717) is 24.2 Å². The number of carbonyl (C=O) groups is 1. The number of ketones is 1. The molecule has 0 heterocycles. The number of Topliss-reactive ketones (excluding diaryl/α,β-unsaturated/α-hetero) is 1. The fraction of sp³-hybridized carbons (Fsp3) is 0.364. The van der Waals surface area contributed by atoms with Crippen molar-refractivity contribution in [3.8, 4) is 0 Å². The number of nitrogens with two attached hydrogens (primary N) is 2. The summed E-state index contributed by atoms with van der Waals surface area (Å²) in [7, 11) is 0. The van der Waals surface area contributed by atoms with Crippen LogP contribution in [0.3, 0.4) is 0 Å². The first-order valence-electron chi connectivity index (χ1n) is 4.80. The molecule has 0 radical (unpaired) electrons. The van der Waals surface area contributed by atoms with Crippen LogP contribution in [0, 0.1) is 0 Å². The molecular weight excluding hydrogens is 176 g/mol. The normalized spacial score (nSPS) is 10.1.